The molecule has 6 heteroatoms. The maximum Gasteiger partial charge on any atom is 0.358 e. The van der Waals surface area contributed by atoms with E-state index in [2.05, 4.69) is 4.98 Å². The van der Waals surface area contributed by atoms with Crippen molar-refractivity contribution >= 4 is 5.97 Å². The Hall–Kier alpha value is -2.94. The Bertz CT molecular complexity index is 738. The van der Waals surface area contributed by atoms with Gasteiger partial charge < -0.3 is 9.84 Å². The fourth-order valence-corrected chi connectivity index (χ4v) is 1.75. The van der Waals surface area contributed by atoms with Crippen molar-refractivity contribution in [1.29, 1.82) is 5.26 Å². The molecule has 0 amide bonds. The van der Waals surface area contributed by atoms with Gasteiger partial charge in [-0.1, -0.05) is 12.1 Å². The lowest BCUT2D eigenvalue weighted by atomic mass is 10.1. The highest BCUT2D eigenvalue weighted by atomic mass is 19.1. The summed E-state index contributed by atoms with van der Waals surface area (Å²) in [6.45, 7) is 1.47. The highest BCUT2D eigenvalue weighted by molar-refractivity contribution is 5.88. The first kappa shape index (κ1) is 14.5. The van der Waals surface area contributed by atoms with E-state index in [0.29, 0.717) is 5.69 Å². The molecule has 5 nitrogen and oxygen atoms in total. The molecule has 0 atom stereocenters. The van der Waals surface area contributed by atoms with Gasteiger partial charge in [-0.2, -0.15) is 5.26 Å². The molecule has 1 heterocycles. The number of carboxylic acid groups (broad SMARTS) is 1. The van der Waals surface area contributed by atoms with Crippen LogP contribution in [0.1, 0.15) is 27.3 Å². The molecule has 0 spiro atoms. The summed E-state index contributed by atoms with van der Waals surface area (Å²) >= 11 is 0. The van der Waals surface area contributed by atoms with Crippen molar-refractivity contribution in [3.63, 3.8) is 0 Å². The van der Waals surface area contributed by atoms with E-state index in [1.807, 2.05) is 0 Å². The van der Waals surface area contributed by atoms with Crippen LogP contribution in [0.3, 0.4) is 0 Å². The lowest BCUT2D eigenvalue weighted by Crippen LogP contribution is -2.07. The van der Waals surface area contributed by atoms with E-state index in [1.54, 1.807) is 19.1 Å². The highest BCUT2D eigenvalue weighted by Gasteiger charge is 2.15. The van der Waals surface area contributed by atoms with E-state index < -0.39 is 11.8 Å². The summed E-state index contributed by atoms with van der Waals surface area (Å²) in [5, 5.41) is 17.8. The second-order valence-electron chi connectivity index (χ2n) is 4.28. The minimum atomic E-state index is -1.22. The molecule has 1 N–H and O–H groups in total. The van der Waals surface area contributed by atoms with Crippen LogP contribution in [0.4, 0.5) is 4.39 Å². The molecule has 0 fully saturated rings. The van der Waals surface area contributed by atoms with E-state index in [0.717, 1.165) is 0 Å². The fourth-order valence-electron chi connectivity index (χ4n) is 1.75. The molecule has 1 aromatic carbocycles. The Morgan fingerprint density at radius 1 is 1.43 bits per heavy atom. The molecule has 0 radical (unpaired) electrons. The molecule has 0 aliphatic carbocycles. The number of ether oxygens (including phenoxy) is 1. The SMILES string of the molecule is Cc1ccc(OCc2cccc(C#N)c2F)c(C(=O)O)n1. The van der Waals surface area contributed by atoms with E-state index in [4.69, 9.17) is 15.1 Å². The minimum Gasteiger partial charge on any atom is -0.486 e. The number of aryl methyl sites for hydroxylation is 1. The molecular formula is C15H11FN2O3. The van der Waals surface area contributed by atoms with Gasteiger partial charge in [0.2, 0.25) is 0 Å². The van der Waals surface area contributed by atoms with Gasteiger partial charge in [-0.25, -0.2) is 14.2 Å². The molecule has 0 saturated heterocycles. The van der Waals surface area contributed by atoms with Crippen LogP contribution in [0.25, 0.3) is 0 Å². The molecular weight excluding hydrogens is 275 g/mol. The topological polar surface area (TPSA) is 83.2 Å². The lowest BCUT2D eigenvalue weighted by molar-refractivity contribution is 0.0684. The zero-order chi connectivity index (χ0) is 15.4. The molecule has 2 rings (SSSR count). The third-order valence-electron chi connectivity index (χ3n) is 2.78. The van der Waals surface area contributed by atoms with Crippen LogP contribution in [0.15, 0.2) is 30.3 Å². The van der Waals surface area contributed by atoms with Gasteiger partial charge in [-0.05, 0) is 25.1 Å². The van der Waals surface area contributed by atoms with Gasteiger partial charge in [-0.3, -0.25) is 0 Å². The number of rotatable bonds is 4. The smallest absolute Gasteiger partial charge is 0.358 e. The maximum absolute atomic E-state index is 13.9. The average Bonchev–Trinajstić information content (AvgIpc) is 2.47. The zero-order valence-electron chi connectivity index (χ0n) is 11.1. The van der Waals surface area contributed by atoms with Crippen molar-refractivity contribution in [3.8, 4) is 11.8 Å². The van der Waals surface area contributed by atoms with Crippen LogP contribution < -0.4 is 4.74 Å². The fraction of sp³-hybridized carbons (Fsp3) is 0.133. The van der Waals surface area contributed by atoms with Crippen molar-refractivity contribution in [2.45, 2.75) is 13.5 Å². The number of nitriles is 1. The van der Waals surface area contributed by atoms with Crippen LogP contribution in [0.5, 0.6) is 5.75 Å². The summed E-state index contributed by atoms with van der Waals surface area (Å²) in [6, 6.07) is 9.17. The quantitative estimate of drug-likeness (QED) is 0.934. The van der Waals surface area contributed by atoms with Gasteiger partial charge in [-0.15, -0.1) is 0 Å². The third kappa shape index (κ3) is 3.15. The Morgan fingerprint density at radius 2 is 2.19 bits per heavy atom. The second-order valence-corrected chi connectivity index (χ2v) is 4.28. The normalized spacial score (nSPS) is 9.95. The van der Waals surface area contributed by atoms with Crippen molar-refractivity contribution in [2.24, 2.45) is 0 Å². The lowest BCUT2D eigenvalue weighted by Gasteiger charge is -2.10. The predicted octanol–water partition coefficient (Wildman–Crippen LogP) is 2.68. The Morgan fingerprint density at radius 3 is 2.86 bits per heavy atom. The van der Waals surface area contributed by atoms with E-state index in [9.17, 15) is 9.18 Å². The molecule has 1 aromatic heterocycles. The van der Waals surface area contributed by atoms with E-state index in [1.165, 1.54) is 24.3 Å². The van der Waals surface area contributed by atoms with Crippen LogP contribution in [-0.4, -0.2) is 16.1 Å². The van der Waals surface area contributed by atoms with Crippen LogP contribution in [0.2, 0.25) is 0 Å². The molecule has 0 aliphatic heterocycles. The van der Waals surface area contributed by atoms with Crippen molar-refractivity contribution < 1.29 is 19.0 Å². The first-order valence-electron chi connectivity index (χ1n) is 6.04. The number of halogens is 1. The second kappa shape index (κ2) is 6.01. The molecule has 0 bridgehead atoms. The van der Waals surface area contributed by atoms with E-state index >= 15 is 0 Å². The zero-order valence-corrected chi connectivity index (χ0v) is 11.1. The highest BCUT2D eigenvalue weighted by Crippen LogP contribution is 2.20. The van der Waals surface area contributed by atoms with Gasteiger partial charge in [0, 0.05) is 11.3 Å². The summed E-state index contributed by atoms with van der Waals surface area (Å²) in [5.41, 5.74) is 0.395. The van der Waals surface area contributed by atoms with Crippen LogP contribution in [0, 0.1) is 24.1 Å². The van der Waals surface area contributed by atoms with Crippen molar-refractivity contribution in [2.75, 3.05) is 0 Å². The number of aromatic carboxylic acids is 1. The van der Waals surface area contributed by atoms with Gasteiger partial charge >= 0.3 is 5.97 Å². The summed E-state index contributed by atoms with van der Waals surface area (Å²) in [5.74, 6) is -1.84. The van der Waals surface area contributed by atoms with Crippen molar-refractivity contribution in [3.05, 3.63) is 58.7 Å². The summed E-state index contributed by atoms with van der Waals surface area (Å²) in [7, 11) is 0. The van der Waals surface area contributed by atoms with E-state index in [-0.39, 0.29) is 29.2 Å². The Kier molecular flexibility index (Phi) is 4.14. The first-order valence-corrected chi connectivity index (χ1v) is 6.04. The number of carboxylic acids is 1. The molecule has 106 valence electrons. The average molecular weight is 286 g/mol. The number of hydrogen-bond acceptors (Lipinski definition) is 4. The van der Waals surface area contributed by atoms with Crippen molar-refractivity contribution in [1.82, 2.24) is 4.98 Å². The van der Waals surface area contributed by atoms with Gasteiger partial charge in [0.15, 0.2) is 11.4 Å². The number of hydrogen-bond donors (Lipinski definition) is 1. The third-order valence-corrected chi connectivity index (χ3v) is 2.78. The molecule has 0 aliphatic rings. The Labute approximate surface area is 120 Å². The summed E-state index contributed by atoms with van der Waals surface area (Å²) < 4.78 is 19.2. The molecule has 0 unspecified atom stereocenters. The first-order chi connectivity index (χ1) is 10.0. The number of pyridine rings is 1. The summed E-state index contributed by atoms with van der Waals surface area (Å²) in [6.07, 6.45) is 0. The molecule has 0 saturated carbocycles. The monoisotopic (exact) mass is 286 g/mol. The van der Waals surface area contributed by atoms with Gasteiger partial charge in [0.25, 0.3) is 0 Å². The number of aromatic nitrogens is 1. The number of carbonyl (C=O) groups is 1. The van der Waals surface area contributed by atoms with Gasteiger partial charge in [0.1, 0.15) is 18.5 Å². The molecule has 21 heavy (non-hydrogen) atoms. The molecule has 2 aromatic rings. The van der Waals surface area contributed by atoms with Crippen LogP contribution >= 0.6 is 0 Å². The Balaban J connectivity index is 2.25. The van der Waals surface area contributed by atoms with Gasteiger partial charge in [0.05, 0.1) is 5.56 Å². The predicted molar refractivity (Wildman–Crippen MR) is 71.4 cm³/mol. The maximum atomic E-state index is 13.9. The van der Waals surface area contributed by atoms with Crippen LogP contribution in [-0.2, 0) is 6.61 Å². The number of benzene rings is 1. The summed E-state index contributed by atoms with van der Waals surface area (Å²) in [4.78, 5) is 15.0. The largest absolute Gasteiger partial charge is 0.486 e. The minimum absolute atomic E-state index is 0.0508. The number of nitrogens with zero attached hydrogens (tertiary/aromatic N) is 2. The standard InChI is InChI=1S/C15H11FN2O3/c1-9-5-6-12(14(18-9)15(19)20)21-8-11-4-2-3-10(7-17)13(11)16/h2-6H,8H2,1H3,(H,19,20).